The van der Waals surface area contributed by atoms with E-state index in [-0.39, 0.29) is 11.9 Å². The van der Waals surface area contributed by atoms with E-state index in [4.69, 9.17) is 15.2 Å². The summed E-state index contributed by atoms with van der Waals surface area (Å²) in [6, 6.07) is 4.26. The van der Waals surface area contributed by atoms with Crippen LogP contribution in [0.15, 0.2) is 18.2 Å². The summed E-state index contributed by atoms with van der Waals surface area (Å²) >= 11 is 0. The molecule has 0 aliphatic carbocycles. The van der Waals surface area contributed by atoms with Gasteiger partial charge >= 0.3 is 0 Å². The Balaban J connectivity index is 2.53. The number of nitrogens with two attached hydrogens (primary N) is 1. The van der Waals surface area contributed by atoms with Gasteiger partial charge in [-0.2, -0.15) is 0 Å². The summed E-state index contributed by atoms with van der Waals surface area (Å²) in [5.41, 5.74) is 6.61. The molecule has 0 saturated heterocycles. The van der Waals surface area contributed by atoms with Gasteiger partial charge in [0, 0.05) is 37.3 Å². The second-order valence-electron chi connectivity index (χ2n) is 3.87. The van der Waals surface area contributed by atoms with E-state index in [1.807, 2.05) is 13.8 Å². The molecule has 1 aromatic carbocycles. The first kappa shape index (κ1) is 13.9. The molecule has 96 valence electrons. The number of hydrogen-bond acceptors (Lipinski definition) is 3. The Labute approximate surface area is 102 Å². The van der Waals surface area contributed by atoms with Crippen molar-refractivity contribution in [2.24, 2.45) is 5.73 Å². The number of hydrogen-bond donors (Lipinski definition) is 1. The highest BCUT2D eigenvalue weighted by atomic mass is 19.1. The second kappa shape index (κ2) is 7.25. The summed E-state index contributed by atoms with van der Waals surface area (Å²) in [6.07, 6.45) is 0.781. The van der Waals surface area contributed by atoms with Crippen LogP contribution in [0.1, 0.15) is 31.9 Å². The van der Waals surface area contributed by atoms with Crippen molar-refractivity contribution in [3.63, 3.8) is 0 Å². The lowest BCUT2D eigenvalue weighted by Crippen LogP contribution is -2.10. The van der Waals surface area contributed by atoms with Gasteiger partial charge in [-0.1, -0.05) is 6.07 Å². The van der Waals surface area contributed by atoms with Gasteiger partial charge in [0.2, 0.25) is 0 Å². The largest absolute Gasteiger partial charge is 0.493 e. The molecule has 0 aliphatic heterocycles. The first-order valence-electron chi connectivity index (χ1n) is 5.90. The fraction of sp³-hybridized carbons (Fsp3) is 0.538. The maximum Gasteiger partial charge on any atom is 0.126 e. The van der Waals surface area contributed by atoms with Crippen molar-refractivity contribution in [1.82, 2.24) is 0 Å². The van der Waals surface area contributed by atoms with E-state index in [1.165, 1.54) is 12.1 Å². The molecule has 1 unspecified atom stereocenters. The highest BCUT2D eigenvalue weighted by molar-refractivity contribution is 5.36. The highest BCUT2D eigenvalue weighted by Crippen LogP contribution is 2.24. The minimum absolute atomic E-state index is 0.169. The van der Waals surface area contributed by atoms with E-state index in [0.717, 1.165) is 12.0 Å². The first-order valence-corrected chi connectivity index (χ1v) is 5.90. The van der Waals surface area contributed by atoms with Gasteiger partial charge in [0.15, 0.2) is 0 Å². The van der Waals surface area contributed by atoms with Crippen LogP contribution in [0.2, 0.25) is 0 Å². The molecule has 17 heavy (non-hydrogen) atoms. The predicted octanol–water partition coefficient (Wildman–Crippen LogP) is 2.65. The van der Waals surface area contributed by atoms with Crippen molar-refractivity contribution in [3.05, 3.63) is 29.6 Å². The third kappa shape index (κ3) is 4.71. The van der Waals surface area contributed by atoms with Crippen LogP contribution in [0.3, 0.4) is 0 Å². The molecule has 0 heterocycles. The summed E-state index contributed by atoms with van der Waals surface area (Å²) in [5, 5.41) is 0. The van der Waals surface area contributed by atoms with Crippen LogP contribution in [-0.2, 0) is 4.74 Å². The summed E-state index contributed by atoms with van der Waals surface area (Å²) in [7, 11) is 0. The molecule has 1 aromatic rings. The summed E-state index contributed by atoms with van der Waals surface area (Å²) in [5.74, 6) is 0.214. The van der Waals surface area contributed by atoms with E-state index < -0.39 is 0 Å². The molecular formula is C13H20FNO2. The molecule has 0 saturated carbocycles. The van der Waals surface area contributed by atoms with Crippen molar-refractivity contribution >= 4 is 0 Å². The van der Waals surface area contributed by atoms with Crippen LogP contribution < -0.4 is 10.5 Å². The van der Waals surface area contributed by atoms with E-state index in [0.29, 0.717) is 25.6 Å². The normalized spacial score (nSPS) is 12.5. The number of benzene rings is 1. The Kier molecular flexibility index (Phi) is 5.94. The SMILES string of the molecule is CCOCCCOc1cc(F)ccc1C(C)N. The topological polar surface area (TPSA) is 44.5 Å². The number of halogens is 1. The predicted molar refractivity (Wildman–Crippen MR) is 65.6 cm³/mol. The Bertz CT molecular complexity index is 342. The average Bonchev–Trinajstić information content (AvgIpc) is 2.28. The molecule has 0 fully saturated rings. The second-order valence-corrected chi connectivity index (χ2v) is 3.87. The summed E-state index contributed by atoms with van der Waals surface area (Å²) in [4.78, 5) is 0. The van der Waals surface area contributed by atoms with Gasteiger partial charge in [-0.15, -0.1) is 0 Å². The minimum Gasteiger partial charge on any atom is -0.493 e. The molecule has 4 heteroatoms. The minimum atomic E-state index is -0.311. The molecule has 1 atom stereocenters. The standard InChI is InChI=1S/C13H20FNO2/c1-3-16-7-4-8-17-13-9-11(14)5-6-12(13)10(2)15/h5-6,9-10H,3-4,7-8,15H2,1-2H3. The van der Waals surface area contributed by atoms with Crippen LogP contribution in [0, 0.1) is 5.82 Å². The molecule has 0 bridgehead atoms. The lowest BCUT2D eigenvalue weighted by molar-refractivity contribution is 0.130. The monoisotopic (exact) mass is 241 g/mol. The lowest BCUT2D eigenvalue weighted by Gasteiger charge is -2.14. The van der Waals surface area contributed by atoms with E-state index in [2.05, 4.69) is 0 Å². The molecule has 1 rings (SSSR count). The molecule has 0 spiro atoms. The van der Waals surface area contributed by atoms with Crippen LogP contribution in [0.5, 0.6) is 5.75 Å². The van der Waals surface area contributed by atoms with Crippen molar-refractivity contribution in [1.29, 1.82) is 0 Å². The van der Waals surface area contributed by atoms with Crippen LogP contribution in [-0.4, -0.2) is 19.8 Å². The molecule has 2 N–H and O–H groups in total. The maximum atomic E-state index is 13.1. The number of ether oxygens (including phenoxy) is 2. The Hall–Kier alpha value is -1.13. The third-order valence-corrected chi connectivity index (χ3v) is 2.36. The molecule has 0 radical (unpaired) electrons. The molecular weight excluding hydrogens is 221 g/mol. The Morgan fingerprint density at radius 1 is 1.35 bits per heavy atom. The molecule has 0 aromatic heterocycles. The van der Waals surface area contributed by atoms with Crippen LogP contribution >= 0.6 is 0 Å². The van der Waals surface area contributed by atoms with Crippen molar-refractivity contribution in [2.75, 3.05) is 19.8 Å². The van der Waals surface area contributed by atoms with Gasteiger partial charge in [0.1, 0.15) is 11.6 Å². The first-order chi connectivity index (χ1) is 8.15. The zero-order valence-corrected chi connectivity index (χ0v) is 10.4. The zero-order valence-electron chi connectivity index (χ0n) is 10.4. The fourth-order valence-corrected chi connectivity index (χ4v) is 1.50. The van der Waals surface area contributed by atoms with Gasteiger partial charge in [-0.05, 0) is 19.9 Å². The Morgan fingerprint density at radius 3 is 2.76 bits per heavy atom. The van der Waals surface area contributed by atoms with Crippen molar-refractivity contribution < 1.29 is 13.9 Å². The summed E-state index contributed by atoms with van der Waals surface area (Å²) < 4.78 is 23.8. The molecule has 0 amide bonds. The number of rotatable bonds is 7. The quantitative estimate of drug-likeness (QED) is 0.746. The highest BCUT2D eigenvalue weighted by Gasteiger charge is 2.09. The summed E-state index contributed by atoms with van der Waals surface area (Å²) in [6.45, 7) is 5.65. The average molecular weight is 241 g/mol. The van der Waals surface area contributed by atoms with E-state index in [9.17, 15) is 4.39 Å². The molecule has 0 aliphatic rings. The fourth-order valence-electron chi connectivity index (χ4n) is 1.50. The van der Waals surface area contributed by atoms with Gasteiger partial charge < -0.3 is 15.2 Å². The van der Waals surface area contributed by atoms with Crippen LogP contribution in [0.25, 0.3) is 0 Å². The smallest absolute Gasteiger partial charge is 0.126 e. The third-order valence-electron chi connectivity index (χ3n) is 2.36. The van der Waals surface area contributed by atoms with Gasteiger partial charge in [-0.3, -0.25) is 0 Å². The van der Waals surface area contributed by atoms with Crippen molar-refractivity contribution in [3.8, 4) is 5.75 Å². The van der Waals surface area contributed by atoms with E-state index >= 15 is 0 Å². The van der Waals surface area contributed by atoms with Crippen molar-refractivity contribution in [2.45, 2.75) is 26.3 Å². The van der Waals surface area contributed by atoms with Gasteiger partial charge in [-0.25, -0.2) is 4.39 Å². The zero-order chi connectivity index (χ0) is 12.7. The Morgan fingerprint density at radius 2 is 2.12 bits per heavy atom. The lowest BCUT2D eigenvalue weighted by atomic mass is 10.1. The molecule has 3 nitrogen and oxygen atoms in total. The van der Waals surface area contributed by atoms with Gasteiger partial charge in [0.25, 0.3) is 0 Å². The van der Waals surface area contributed by atoms with Gasteiger partial charge in [0.05, 0.1) is 6.61 Å². The van der Waals surface area contributed by atoms with E-state index in [1.54, 1.807) is 6.07 Å². The maximum absolute atomic E-state index is 13.1. The van der Waals surface area contributed by atoms with Crippen LogP contribution in [0.4, 0.5) is 4.39 Å².